The molecule has 116 valence electrons. The first-order chi connectivity index (χ1) is 10.5. The normalized spacial score (nSPS) is 10.2. The van der Waals surface area contributed by atoms with Crippen LogP contribution < -0.4 is 10.1 Å². The summed E-state index contributed by atoms with van der Waals surface area (Å²) in [6.45, 7) is 0.664. The maximum Gasteiger partial charge on any atom is 0.173 e. The zero-order valence-electron chi connectivity index (χ0n) is 12.3. The average Bonchev–Trinajstić information content (AvgIpc) is 2.46. The third-order valence-electron chi connectivity index (χ3n) is 3.01. The fourth-order valence-corrected chi connectivity index (χ4v) is 2.67. The van der Waals surface area contributed by atoms with Gasteiger partial charge in [0.15, 0.2) is 5.11 Å². The van der Waals surface area contributed by atoms with Crippen molar-refractivity contribution in [2.24, 2.45) is 0 Å². The van der Waals surface area contributed by atoms with Crippen LogP contribution in [0.3, 0.4) is 0 Å². The van der Waals surface area contributed by atoms with E-state index < -0.39 is 0 Å². The van der Waals surface area contributed by atoms with Crippen LogP contribution >= 0.6 is 35.4 Å². The van der Waals surface area contributed by atoms with Gasteiger partial charge in [0.25, 0.3) is 0 Å². The molecule has 1 N–H and O–H groups in total. The van der Waals surface area contributed by atoms with Crippen LogP contribution in [0.15, 0.2) is 42.5 Å². The van der Waals surface area contributed by atoms with Gasteiger partial charge >= 0.3 is 0 Å². The van der Waals surface area contributed by atoms with E-state index >= 15 is 0 Å². The molecule has 0 aliphatic heterocycles. The molecular formula is C16H16Cl2N2OS. The van der Waals surface area contributed by atoms with E-state index in [9.17, 15) is 0 Å². The molecule has 0 spiro atoms. The van der Waals surface area contributed by atoms with E-state index in [1.165, 1.54) is 0 Å². The predicted molar refractivity (Wildman–Crippen MR) is 97.1 cm³/mol. The van der Waals surface area contributed by atoms with Gasteiger partial charge in [-0.3, -0.25) is 0 Å². The number of benzene rings is 2. The zero-order chi connectivity index (χ0) is 16.1. The number of ether oxygens (including phenoxy) is 1. The highest BCUT2D eigenvalue weighted by atomic mass is 35.5. The number of methoxy groups -OCH3 is 1. The van der Waals surface area contributed by atoms with Crippen LogP contribution in [0.25, 0.3) is 0 Å². The molecule has 0 aromatic heterocycles. The molecule has 0 radical (unpaired) electrons. The van der Waals surface area contributed by atoms with Crippen molar-refractivity contribution in [1.29, 1.82) is 0 Å². The summed E-state index contributed by atoms with van der Waals surface area (Å²) < 4.78 is 5.22. The Kier molecular flexibility index (Phi) is 5.89. The molecule has 0 aliphatic rings. The lowest BCUT2D eigenvalue weighted by Gasteiger charge is -2.21. The number of thiocarbonyl (C=S) groups is 1. The second kappa shape index (κ2) is 7.68. The second-order valence-corrected chi connectivity index (χ2v) is 6.06. The monoisotopic (exact) mass is 354 g/mol. The Balaban J connectivity index is 2.02. The third kappa shape index (κ3) is 4.77. The number of rotatable bonds is 4. The molecule has 2 aromatic rings. The topological polar surface area (TPSA) is 24.5 Å². The van der Waals surface area contributed by atoms with Gasteiger partial charge in [-0.25, -0.2) is 0 Å². The van der Waals surface area contributed by atoms with Crippen LogP contribution in [0, 0.1) is 0 Å². The fraction of sp³-hybridized carbons (Fsp3) is 0.188. The molecular weight excluding hydrogens is 339 g/mol. The van der Waals surface area contributed by atoms with Crippen molar-refractivity contribution in [2.45, 2.75) is 6.54 Å². The minimum Gasteiger partial charge on any atom is -0.497 e. The van der Waals surface area contributed by atoms with Crippen molar-refractivity contribution in [2.75, 3.05) is 19.5 Å². The van der Waals surface area contributed by atoms with Gasteiger partial charge in [0.05, 0.1) is 7.11 Å². The van der Waals surface area contributed by atoms with Gasteiger partial charge < -0.3 is 15.0 Å². The molecule has 0 atom stereocenters. The highest BCUT2D eigenvalue weighted by Gasteiger charge is 2.07. The van der Waals surface area contributed by atoms with Crippen molar-refractivity contribution in [3.8, 4) is 5.75 Å². The number of halogens is 2. The predicted octanol–water partition coefficient (Wildman–Crippen LogP) is 4.83. The first-order valence-electron chi connectivity index (χ1n) is 6.59. The van der Waals surface area contributed by atoms with Crippen LogP contribution in [0.5, 0.6) is 5.75 Å². The van der Waals surface area contributed by atoms with Gasteiger partial charge in [0, 0.05) is 29.3 Å². The van der Waals surface area contributed by atoms with Crippen LogP contribution in [0.4, 0.5) is 5.69 Å². The van der Waals surface area contributed by atoms with Gasteiger partial charge in [0.1, 0.15) is 5.75 Å². The van der Waals surface area contributed by atoms with Gasteiger partial charge in [0.2, 0.25) is 0 Å². The Bertz CT molecular complexity index is 659. The van der Waals surface area contributed by atoms with Crippen molar-refractivity contribution in [1.82, 2.24) is 4.90 Å². The number of hydrogen-bond donors (Lipinski definition) is 1. The van der Waals surface area contributed by atoms with E-state index in [1.807, 2.05) is 36.2 Å². The summed E-state index contributed by atoms with van der Waals surface area (Å²) in [5, 5.41) is 4.84. The van der Waals surface area contributed by atoms with E-state index in [0.29, 0.717) is 21.7 Å². The maximum atomic E-state index is 5.98. The van der Waals surface area contributed by atoms with Crippen LogP contribution in [0.1, 0.15) is 5.56 Å². The minimum absolute atomic E-state index is 0.563. The Morgan fingerprint density at radius 2 is 1.86 bits per heavy atom. The summed E-state index contributed by atoms with van der Waals surface area (Å²) in [6.07, 6.45) is 0. The van der Waals surface area contributed by atoms with Crippen LogP contribution in [-0.4, -0.2) is 24.2 Å². The fourth-order valence-electron chi connectivity index (χ4n) is 1.96. The van der Waals surface area contributed by atoms with Gasteiger partial charge in [-0.1, -0.05) is 35.3 Å². The minimum atomic E-state index is 0.563. The van der Waals surface area contributed by atoms with Crippen LogP contribution in [-0.2, 0) is 6.54 Å². The van der Waals surface area contributed by atoms with E-state index in [-0.39, 0.29) is 0 Å². The van der Waals surface area contributed by atoms with Gasteiger partial charge in [-0.15, -0.1) is 0 Å². The number of hydrogen-bond acceptors (Lipinski definition) is 2. The molecule has 0 heterocycles. The molecule has 0 amide bonds. The molecule has 3 nitrogen and oxygen atoms in total. The summed E-state index contributed by atoms with van der Waals surface area (Å²) in [4.78, 5) is 1.93. The van der Waals surface area contributed by atoms with Crippen molar-refractivity contribution in [3.05, 3.63) is 58.1 Å². The third-order valence-corrected chi connectivity index (χ3v) is 3.86. The highest BCUT2D eigenvalue weighted by Crippen LogP contribution is 2.23. The maximum absolute atomic E-state index is 5.98. The smallest absolute Gasteiger partial charge is 0.173 e. The summed E-state index contributed by atoms with van der Waals surface area (Å²) >= 11 is 17.4. The molecule has 0 saturated heterocycles. The van der Waals surface area contributed by atoms with E-state index in [4.69, 9.17) is 40.2 Å². The lowest BCUT2D eigenvalue weighted by Crippen LogP contribution is -2.30. The highest BCUT2D eigenvalue weighted by molar-refractivity contribution is 7.80. The molecule has 0 aliphatic carbocycles. The molecule has 0 unspecified atom stereocenters. The molecule has 0 bridgehead atoms. The molecule has 6 heteroatoms. The van der Waals surface area contributed by atoms with E-state index in [0.717, 1.165) is 17.0 Å². The first kappa shape index (κ1) is 16.9. The van der Waals surface area contributed by atoms with E-state index in [2.05, 4.69) is 5.32 Å². The van der Waals surface area contributed by atoms with Crippen molar-refractivity contribution >= 4 is 46.2 Å². The summed E-state index contributed by atoms with van der Waals surface area (Å²) in [5.41, 5.74) is 1.87. The zero-order valence-corrected chi connectivity index (χ0v) is 14.6. The summed E-state index contributed by atoms with van der Waals surface area (Å²) in [5.74, 6) is 0.825. The Morgan fingerprint density at radius 1 is 1.18 bits per heavy atom. The lowest BCUT2D eigenvalue weighted by molar-refractivity contribution is 0.413. The summed E-state index contributed by atoms with van der Waals surface area (Å²) in [6, 6.07) is 13.1. The van der Waals surface area contributed by atoms with Crippen molar-refractivity contribution < 1.29 is 4.74 Å². The van der Waals surface area contributed by atoms with Gasteiger partial charge in [-0.2, -0.15) is 0 Å². The average molecular weight is 355 g/mol. The Hall–Kier alpha value is -1.49. The molecule has 22 heavy (non-hydrogen) atoms. The summed E-state index contributed by atoms with van der Waals surface area (Å²) in [7, 11) is 3.57. The Morgan fingerprint density at radius 3 is 2.50 bits per heavy atom. The quantitative estimate of drug-likeness (QED) is 0.794. The number of anilines is 1. The second-order valence-electron chi connectivity index (χ2n) is 4.80. The van der Waals surface area contributed by atoms with Crippen molar-refractivity contribution in [3.63, 3.8) is 0 Å². The molecule has 2 aromatic carbocycles. The largest absolute Gasteiger partial charge is 0.497 e. The standard InChI is InChI=1S/C16H16Cl2N2OS/c1-20(10-11-4-3-5-15(6-11)21-2)16(22)19-14-8-12(17)7-13(18)9-14/h3-9H,10H2,1-2H3,(H,19,22). The van der Waals surface area contributed by atoms with E-state index in [1.54, 1.807) is 25.3 Å². The molecule has 0 fully saturated rings. The van der Waals surface area contributed by atoms with Crippen LogP contribution in [0.2, 0.25) is 10.0 Å². The lowest BCUT2D eigenvalue weighted by atomic mass is 10.2. The number of nitrogens with zero attached hydrogens (tertiary/aromatic N) is 1. The Labute approximate surface area is 145 Å². The SMILES string of the molecule is COc1cccc(CN(C)C(=S)Nc2cc(Cl)cc(Cl)c2)c1. The number of nitrogens with one attached hydrogen (secondary N) is 1. The first-order valence-corrected chi connectivity index (χ1v) is 7.75. The van der Waals surface area contributed by atoms with Gasteiger partial charge in [-0.05, 0) is 48.1 Å². The molecule has 0 saturated carbocycles. The molecule has 2 rings (SSSR count).